The third-order valence-electron chi connectivity index (χ3n) is 3.89. The molecule has 0 aromatic heterocycles. The number of carbonyl (C=O) groups excluding carboxylic acids is 1. The van der Waals surface area contributed by atoms with Crippen LogP contribution >= 0.6 is 23.2 Å². The topological polar surface area (TPSA) is 83.9 Å². The van der Waals surface area contributed by atoms with Crippen LogP contribution in [0.15, 0.2) is 29.8 Å². The molecule has 1 fully saturated rings. The van der Waals surface area contributed by atoms with E-state index in [1.165, 1.54) is 25.1 Å². The number of rotatable bonds is 2. The quantitative estimate of drug-likeness (QED) is 0.855. The van der Waals surface area contributed by atoms with E-state index in [-0.39, 0.29) is 18.2 Å². The van der Waals surface area contributed by atoms with Crippen molar-refractivity contribution in [2.24, 2.45) is 0 Å². The zero-order valence-electron chi connectivity index (χ0n) is 12.0. The molecule has 9 heteroatoms. The molecule has 0 saturated carbocycles. The predicted molar refractivity (Wildman–Crippen MR) is 84.7 cm³/mol. The summed E-state index contributed by atoms with van der Waals surface area (Å²) in [6, 6.07) is 4.47. The highest BCUT2D eigenvalue weighted by atomic mass is 35.5. The van der Waals surface area contributed by atoms with Crippen LogP contribution in [0.5, 0.6) is 0 Å². The molecular formula is C14H13Cl2NO5S. The first-order valence-corrected chi connectivity index (χ1v) is 9.16. The van der Waals surface area contributed by atoms with Crippen molar-refractivity contribution in [3.8, 4) is 0 Å². The van der Waals surface area contributed by atoms with Gasteiger partial charge in [-0.3, -0.25) is 4.79 Å². The number of sulfonamides is 1. The van der Waals surface area contributed by atoms with Gasteiger partial charge < -0.3 is 9.84 Å². The Morgan fingerprint density at radius 3 is 2.39 bits per heavy atom. The Bertz CT molecular complexity index is 815. The molecule has 1 aromatic carbocycles. The summed E-state index contributed by atoms with van der Waals surface area (Å²) >= 11 is 11.9. The molecular weight excluding hydrogens is 365 g/mol. The Kier molecular flexibility index (Phi) is 3.78. The van der Waals surface area contributed by atoms with Crippen molar-refractivity contribution >= 4 is 39.0 Å². The molecule has 3 rings (SSSR count). The lowest BCUT2D eigenvalue weighted by Crippen LogP contribution is -2.32. The van der Waals surface area contributed by atoms with Gasteiger partial charge in [0.05, 0.1) is 5.75 Å². The number of hydrogen-bond donors (Lipinski definition) is 1. The summed E-state index contributed by atoms with van der Waals surface area (Å²) in [5.74, 6) is -1.85. The smallest absolute Gasteiger partial charge is 0.252 e. The van der Waals surface area contributed by atoms with Crippen LogP contribution in [-0.2, 0) is 25.2 Å². The molecule has 1 unspecified atom stereocenters. The fraction of sp³-hybridized carbons (Fsp3) is 0.357. The molecule has 1 aromatic rings. The Morgan fingerprint density at radius 2 is 1.87 bits per heavy atom. The lowest BCUT2D eigenvalue weighted by molar-refractivity contribution is -0.132. The van der Waals surface area contributed by atoms with Gasteiger partial charge in [0.25, 0.3) is 11.7 Å². The van der Waals surface area contributed by atoms with Gasteiger partial charge in [0.2, 0.25) is 15.8 Å². The normalized spacial score (nSPS) is 26.7. The van der Waals surface area contributed by atoms with E-state index in [0.717, 1.165) is 4.31 Å². The van der Waals surface area contributed by atoms with E-state index in [1.807, 2.05) is 0 Å². The Morgan fingerprint density at radius 1 is 1.26 bits per heavy atom. The maximum absolute atomic E-state index is 12.5. The fourth-order valence-electron chi connectivity index (χ4n) is 2.67. The SMILES string of the molecule is CC1(c2cc(Cl)cc(Cl)c2)OC(N2CCCS2(=O)=O)=C(O)C1=O. The van der Waals surface area contributed by atoms with Crippen LogP contribution in [0.4, 0.5) is 0 Å². The van der Waals surface area contributed by atoms with Crippen LogP contribution in [0.2, 0.25) is 10.0 Å². The fourth-order valence-corrected chi connectivity index (χ4v) is 4.69. The third kappa shape index (κ3) is 2.56. The van der Waals surface area contributed by atoms with Crippen molar-refractivity contribution < 1.29 is 23.1 Å². The van der Waals surface area contributed by atoms with Gasteiger partial charge >= 0.3 is 0 Å². The van der Waals surface area contributed by atoms with Crippen molar-refractivity contribution in [2.75, 3.05) is 12.3 Å². The first-order chi connectivity index (χ1) is 10.6. The van der Waals surface area contributed by atoms with Gasteiger partial charge in [-0.25, -0.2) is 12.7 Å². The van der Waals surface area contributed by atoms with Crippen molar-refractivity contribution in [1.29, 1.82) is 0 Å². The molecule has 23 heavy (non-hydrogen) atoms. The van der Waals surface area contributed by atoms with Gasteiger partial charge in [0.1, 0.15) is 0 Å². The number of aliphatic hydroxyl groups excluding tert-OH is 1. The molecule has 0 aliphatic carbocycles. The molecule has 0 spiro atoms. The van der Waals surface area contributed by atoms with Crippen LogP contribution in [-0.4, -0.2) is 35.9 Å². The second kappa shape index (κ2) is 5.29. The molecule has 2 aliphatic rings. The summed E-state index contributed by atoms with van der Waals surface area (Å²) in [6.45, 7) is 1.59. The highest BCUT2D eigenvalue weighted by Crippen LogP contribution is 2.42. The second-order valence-electron chi connectivity index (χ2n) is 5.52. The first-order valence-electron chi connectivity index (χ1n) is 6.79. The van der Waals surface area contributed by atoms with Crippen LogP contribution in [0.3, 0.4) is 0 Å². The monoisotopic (exact) mass is 377 g/mol. The summed E-state index contributed by atoms with van der Waals surface area (Å²) in [5.41, 5.74) is -1.26. The molecule has 2 aliphatic heterocycles. The number of ketones is 1. The van der Waals surface area contributed by atoms with E-state index < -0.39 is 27.2 Å². The Hall–Kier alpha value is -1.44. The molecule has 0 amide bonds. The first kappa shape index (κ1) is 16.4. The average Bonchev–Trinajstić information content (AvgIpc) is 2.90. The Balaban J connectivity index is 2.04. The van der Waals surface area contributed by atoms with Gasteiger partial charge in [-0.1, -0.05) is 23.2 Å². The number of ether oxygens (including phenoxy) is 1. The molecule has 0 radical (unpaired) electrons. The summed E-state index contributed by atoms with van der Waals surface area (Å²) in [7, 11) is -3.59. The zero-order valence-corrected chi connectivity index (χ0v) is 14.4. The number of Topliss-reactive ketones (excluding diaryl/α,β-unsaturated/α-hetero) is 1. The van der Waals surface area contributed by atoms with E-state index in [4.69, 9.17) is 27.9 Å². The lowest BCUT2D eigenvalue weighted by Gasteiger charge is -2.26. The van der Waals surface area contributed by atoms with Gasteiger partial charge in [-0.05, 0) is 31.5 Å². The standard InChI is InChI=1S/C14H13Cl2NO5S/c1-14(8-5-9(15)7-10(16)6-8)12(19)11(18)13(22-14)17-3-2-4-23(17,20)21/h5-7,18H,2-4H2,1H3. The number of benzene rings is 1. The molecule has 0 bridgehead atoms. The van der Waals surface area contributed by atoms with Gasteiger partial charge in [0, 0.05) is 22.2 Å². The number of halogens is 2. The molecule has 1 N–H and O–H groups in total. The highest BCUT2D eigenvalue weighted by Gasteiger charge is 2.51. The molecule has 124 valence electrons. The van der Waals surface area contributed by atoms with Gasteiger partial charge in [-0.2, -0.15) is 0 Å². The van der Waals surface area contributed by atoms with Crippen molar-refractivity contribution in [2.45, 2.75) is 18.9 Å². The minimum atomic E-state index is -3.59. The third-order valence-corrected chi connectivity index (χ3v) is 6.15. The van der Waals surface area contributed by atoms with Crippen LogP contribution in [0.1, 0.15) is 18.9 Å². The van der Waals surface area contributed by atoms with Crippen molar-refractivity contribution in [1.82, 2.24) is 4.31 Å². The molecule has 1 saturated heterocycles. The summed E-state index contributed by atoms with van der Waals surface area (Å²) in [5, 5.41) is 10.7. The van der Waals surface area contributed by atoms with Gasteiger partial charge in [-0.15, -0.1) is 0 Å². The number of hydrogen-bond acceptors (Lipinski definition) is 5. The van der Waals surface area contributed by atoms with Crippen molar-refractivity contribution in [3.05, 3.63) is 45.5 Å². The average molecular weight is 378 g/mol. The summed E-state index contributed by atoms with van der Waals surface area (Å²) in [4.78, 5) is 12.5. The van der Waals surface area contributed by atoms with E-state index in [2.05, 4.69) is 0 Å². The van der Waals surface area contributed by atoms with E-state index in [9.17, 15) is 18.3 Å². The minimum absolute atomic E-state index is 0.0545. The number of nitrogens with zero attached hydrogens (tertiary/aromatic N) is 1. The number of aliphatic hydroxyl groups is 1. The van der Waals surface area contributed by atoms with Crippen LogP contribution < -0.4 is 0 Å². The maximum Gasteiger partial charge on any atom is 0.252 e. The largest absolute Gasteiger partial charge is 0.501 e. The molecule has 2 heterocycles. The van der Waals surface area contributed by atoms with E-state index in [0.29, 0.717) is 22.0 Å². The second-order valence-corrected chi connectivity index (χ2v) is 8.40. The molecule has 6 nitrogen and oxygen atoms in total. The summed E-state index contributed by atoms with van der Waals surface area (Å²) in [6.07, 6.45) is 0.399. The predicted octanol–water partition coefficient (Wildman–Crippen LogP) is 2.57. The van der Waals surface area contributed by atoms with Crippen LogP contribution in [0, 0.1) is 0 Å². The lowest BCUT2D eigenvalue weighted by atomic mass is 9.92. The zero-order chi connectivity index (χ0) is 17.0. The van der Waals surface area contributed by atoms with E-state index in [1.54, 1.807) is 0 Å². The highest BCUT2D eigenvalue weighted by molar-refractivity contribution is 7.89. The molecule has 1 atom stereocenters. The Labute approximate surface area is 143 Å². The summed E-state index contributed by atoms with van der Waals surface area (Å²) < 4.78 is 30.5. The minimum Gasteiger partial charge on any atom is -0.501 e. The van der Waals surface area contributed by atoms with Crippen LogP contribution in [0.25, 0.3) is 0 Å². The number of carbonyl (C=O) groups is 1. The maximum atomic E-state index is 12.5. The van der Waals surface area contributed by atoms with Gasteiger partial charge in [0.15, 0.2) is 5.60 Å². The van der Waals surface area contributed by atoms with Crippen molar-refractivity contribution in [3.63, 3.8) is 0 Å². The van der Waals surface area contributed by atoms with E-state index >= 15 is 0 Å².